The topological polar surface area (TPSA) is 37.4 Å². The quantitative estimate of drug-likeness (QED) is 0.921. The number of nitrogens with zero attached hydrogens (tertiary/aromatic N) is 2. The molecule has 0 radical (unpaired) electrons. The summed E-state index contributed by atoms with van der Waals surface area (Å²) in [5, 5.41) is 3.98. The highest BCUT2D eigenvalue weighted by molar-refractivity contribution is 6.31. The third-order valence-corrected chi connectivity index (χ3v) is 3.54. The van der Waals surface area contributed by atoms with E-state index in [1.54, 1.807) is 0 Å². The lowest BCUT2D eigenvalue weighted by atomic mass is 10.1. The van der Waals surface area contributed by atoms with Gasteiger partial charge in [-0.1, -0.05) is 18.5 Å². The van der Waals surface area contributed by atoms with E-state index in [4.69, 9.17) is 16.3 Å². The van der Waals surface area contributed by atoms with E-state index in [0.29, 0.717) is 6.54 Å². The van der Waals surface area contributed by atoms with E-state index in [1.165, 1.54) is 0 Å². The van der Waals surface area contributed by atoms with Crippen LogP contribution >= 0.6 is 11.6 Å². The Hall–Kier alpha value is -0.840. The molecule has 106 valence electrons. The summed E-state index contributed by atoms with van der Waals surface area (Å²) in [7, 11) is 0. The Labute approximate surface area is 120 Å². The molecule has 0 atom stereocenters. The van der Waals surface area contributed by atoms with Crippen molar-refractivity contribution in [1.82, 2.24) is 10.3 Å². The summed E-state index contributed by atoms with van der Waals surface area (Å²) < 4.78 is 5.73. The minimum Gasteiger partial charge on any atom is -0.372 e. The highest BCUT2D eigenvalue weighted by Crippen LogP contribution is 2.24. The van der Waals surface area contributed by atoms with Crippen LogP contribution in [0.15, 0.2) is 12.1 Å². The van der Waals surface area contributed by atoms with Crippen molar-refractivity contribution in [3.05, 3.63) is 22.8 Å². The Kier molecular flexibility index (Phi) is 4.66. The summed E-state index contributed by atoms with van der Waals surface area (Å²) in [5.41, 5.74) is 0.784. The molecule has 5 heteroatoms. The molecule has 1 aromatic heterocycles. The summed E-state index contributed by atoms with van der Waals surface area (Å²) >= 11 is 6.18. The highest BCUT2D eigenvalue weighted by atomic mass is 35.5. The van der Waals surface area contributed by atoms with Crippen LogP contribution in [0.1, 0.15) is 26.5 Å². The van der Waals surface area contributed by atoms with Crippen molar-refractivity contribution in [2.45, 2.75) is 32.9 Å². The second-order valence-corrected chi connectivity index (χ2v) is 5.82. The van der Waals surface area contributed by atoms with E-state index in [0.717, 1.165) is 42.8 Å². The van der Waals surface area contributed by atoms with Gasteiger partial charge in [0.25, 0.3) is 0 Å². The van der Waals surface area contributed by atoms with E-state index < -0.39 is 0 Å². The van der Waals surface area contributed by atoms with Gasteiger partial charge < -0.3 is 15.0 Å². The molecular weight excluding hydrogens is 262 g/mol. The molecule has 19 heavy (non-hydrogen) atoms. The third kappa shape index (κ3) is 3.81. The van der Waals surface area contributed by atoms with Crippen molar-refractivity contribution in [2.75, 3.05) is 31.1 Å². The molecule has 0 amide bonds. The average Bonchev–Trinajstić information content (AvgIpc) is 2.36. The zero-order valence-corrected chi connectivity index (χ0v) is 12.6. The van der Waals surface area contributed by atoms with Crippen molar-refractivity contribution < 1.29 is 4.74 Å². The molecule has 1 N–H and O–H groups in total. The van der Waals surface area contributed by atoms with Crippen molar-refractivity contribution >= 4 is 17.4 Å². The van der Waals surface area contributed by atoms with Gasteiger partial charge >= 0.3 is 0 Å². The molecule has 4 nitrogen and oxygen atoms in total. The number of morpholine rings is 1. The van der Waals surface area contributed by atoms with Gasteiger partial charge in [0.05, 0.1) is 22.9 Å². The number of pyridine rings is 1. The van der Waals surface area contributed by atoms with Crippen molar-refractivity contribution in [2.24, 2.45) is 0 Å². The summed E-state index contributed by atoms with van der Waals surface area (Å²) in [5.74, 6) is 0.980. The first-order chi connectivity index (χ1) is 9.02. The Bertz CT molecular complexity index is 437. The summed E-state index contributed by atoms with van der Waals surface area (Å²) in [6.07, 6.45) is 0. The molecule has 0 spiro atoms. The molecule has 0 saturated carbocycles. The van der Waals surface area contributed by atoms with Crippen LogP contribution < -0.4 is 10.2 Å². The molecule has 1 aliphatic heterocycles. The number of rotatable bonds is 4. The first-order valence-corrected chi connectivity index (χ1v) is 7.15. The first-order valence-electron chi connectivity index (χ1n) is 6.77. The number of halogens is 1. The van der Waals surface area contributed by atoms with Gasteiger partial charge in [-0.3, -0.25) is 0 Å². The fourth-order valence-corrected chi connectivity index (χ4v) is 2.40. The fraction of sp³-hybridized carbons (Fsp3) is 0.643. The minimum absolute atomic E-state index is 0.124. The smallest absolute Gasteiger partial charge is 0.129 e. The van der Waals surface area contributed by atoms with E-state index in [2.05, 4.69) is 36.0 Å². The molecular formula is C14H22ClN3O. The lowest BCUT2D eigenvalue weighted by Crippen LogP contribution is -2.48. The van der Waals surface area contributed by atoms with Gasteiger partial charge in [0.1, 0.15) is 5.82 Å². The molecule has 0 bridgehead atoms. The molecule has 2 rings (SSSR count). The third-order valence-electron chi connectivity index (χ3n) is 3.20. The van der Waals surface area contributed by atoms with Crippen molar-refractivity contribution in [3.63, 3.8) is 0 Å². The standard InChI is InChI=1S/C14H22ClN3O/c1-4-16-9-12-11(15)5-6-13(17-12)18-7-8-19-14(2,3)10-18/h5-6,16H,4,7-10H2,1-3H3. The lowest BCUT2D eigenvalue weighted by Gasteiger charge is -2.38. The van der Waals surface area contributed by atoms with Gasteiger partial charge in [0.2, 0.25) is 0 Å². The number of ether oxygens (including phenoxy) is 1. The van der Waals surface area contributed by atoms with Gasteiger partial charge in [-0.05, 0) is 32.5 Å². The van der Waals surface area contributed by atoms with E-state index >= 15 is 0 Å². The molecule has 1 saturated heterocycles. The van der Waals surface area contributed by atoms with Crippen LogP contribution in [0, 0.1) is 0 Å². The number of aromatic nitrogens is 1. The number of hydrogen-bond acceptors (Lipinski definition) is 4. The van der Waals surface area contributed by atoms with Gasteiger partial charge in [0.15, 0.2) is 0 Å². The van der Waals surface area contributed by atoms with Crippen LogP contribution in [0.25, 0.3) is 0 Å². The predicted molar refractivity (Wildman–Crippen MR) is 78.9 cm³/mol. The molecule has 0 unspecified atom stereocenters. The van der Waals surface area contributed by atoms with Crippen LogP contribution in [-0.2, 0) is 11.3 Å². The second-order valence-electron chi connectivity index (χ2n) is 5.41. The average molecular weight is 284 g/mol. The number of nitrogens with one attached hydrogen (secondary N) is 1. The van der Waals surface area contributed by atoms with Crippen molar-refractivity contribution in [3.8, 4) is 0 Å². The van der Waals surface area contributed by atoms with Crippen LogP contribution in [0.3, 0.4) is 0 Å². The first kappa shape index (κ1) is 14.6. The minimum atomic E-state index is -0.124. The lowest BCUT2D eigenvalue weighted by molar-refractivity contribution is -0.0279. The Morgan fingerprint density at radius 1 is 1.47 bits per heavy atom. The largest absolute Gasteiger partial charge is 0.372 e. The Balaban J connectivity index is 2.15. The molecule has 1 fully saturated rings. The van der Waals surface area contributed by atoms with Gasteiger partial charge in [-0.15, -0.1) is 0 Å². The maximum Gasteiger partial charge on any atom is 0.129 e. The Morgan fingerprint density at radius 2 is 2.26 bits per heavy atom. The molecule has 0 aliphatic carbocycles. The van der Waals surface area contributed by atoms with Gasteiger partial charge in [0, 0.05) is 19.6 Å². The van der Waals surface area contributed by atoms with Gasteiger partial charge in [-0.2, -0.15) is 0 Å². The number of anilines is 1. The monoisotopic (exact) mass is 283 g/mol. The summed E-state index contributed by atoms with van der Waals surface area (Å²) in [6.45, 7) is 10.4. The molecule has 1 aliphatic rings. The molecule has 0 aromatic carbocycles. The Morgan fingerprint density at radius 3 is 2.95 bits per heavy atom. The van der Waals surface area contributed by atoms with Gasteiger partial charge in [-0.25, -0.2) is 4.98 Å². The normalized spacial score (nSPS) is 18.6. The summed E-state index contributed by atoms with van der Waals surface area (Å²) in [6, 6.07) is 3.91. The number of hydrogen-bond donors (Lipinski definition) is 1. The SMILES string of the molecule is CCNCc1nc(N2CCOC(C)(C)C2)ccc1Cl. The fourth-order valence-electron chi connectivity index (χ4n) is 2.23. The van der Waals surface area contributed by atoms with Crippen LogP contribution in [0.4, 0.5) is 5.82 Å². The summed E-state index contributed by atoms with van der Waals surface area (Å²) in [4.78, 5) is 6.93. The van der Waals surface area contributed by atoms with E-state index in [9.17, 15) is 0 Å². The highest BCUT2D eigenvalue weighted by Gasteiger charge is 2.28. The predicted octanol–water partition coefficient (Wildman–Crippen LogP) is 2.46. The molecule has 2 heterocycles. The molecule has 1 aromatic rings. The van der Waals surface area contributed by atoms with Crippen LogP contribution in [-0.4, -0.2) is 36.8 Å². The van der Waals surface area contributed by atoms with E-state index in [1.807, 2.05) is 12.1 Å². The maximum atomic E-state index is 6.18. The zero-order valence-electron chi connectivity index (χ0n) is 11.9. The van der Waals surface area contributed by atoms with Crippen molar-refractivity contribution in [1.29, 1.82) is 0 Å². The van der Waals surface area contributed by atoms with E-state index in [-0.39, 0.29) is 5.60 Å². The zero-order chi connectivity index (χ0) is 13.9. The second kappa shape index (κ2) is 6.07. The van der Waals surface area contributed by atoms with Crippen LogP contribution in [0.2, 0.25) is 5.02 Å². The maximum absolute atomic E-state index is 6.18. The van der Waals surface area contributed by atoms with Crippen LogP contribution in [0.5, 0.6) is 0 Å².